The van der Waals surface area contributed by atoms with Crippen LogP contribution in [0.2, 0.25) is 0 Å². The molecular weight excluding hydrogens is 338 g/mol. The number of likely N-dealkylation sites (tertiary alicyclic amines) is 2. The maximum atomic E-state index is 12.5. The minimum Gasteiger partial charge on any atom is -0.489 e. The van der Waals surface area contributed by atoms with Gasteiger partial charge in [0.1, 0.15) is 11.9 Å². The van der Waals surface area contributed by atoms with E-state index in [0.717, 1.165) is 50.6 Å². The van der Waals surface area contributed by atoms with Crippen molar-refractivity contribution >= 4 is 5.91 Å². The molecule has 2 heterocycles. The van der Waals surface area contributed by atoms with Crippen LogP contribution in [-0.4, -0.2) is 67.1 Å². The fourth-order valence-corrected chi connectivity index (χ4v) is 4.34. The standard InChI is InChI=1S/C22H35N3O2/c1-17(2)9-12-24-13-10-18(11-14-24)25-16-20(15-21(25)22(26)23-3)27-19-7-5-4-6-8-19/h4-8,17-18,20-21H,9-16H2,1-3H3,(H,23,26)/t20-,21-/m0/s1. The average molecular weight is 374 g/mol. The molecule has 0 bridgehead atoms. The fourth-order valence-electron chi connectivity index (χ4n) is 4.34. The molecule has 2 atom stereocenters. The molecule has 1 aromatic carbocycles. The van der Waals surface area contributed by atoms with Crippen molar-refractivity contribution in [2.75, 3.05) is 33.2 Å². The van der Waals surface area contributed by atoms with Crippen molar-refractivity contribution in [3.63, 3.8) is 0 Å². The highest BCUT2D eigenvalue weighted by Gasteiger charge is 2.41. The molecule has 0 unspecified atom stereocenters. The van der Waals surface area contributed by atoms with Gasteiger partial charge in [-0.3, -0.25) is 9.69 Å². The highest BCUT2D eigenvalue weighted by molar-refractivity contribution is 5.81. The van der Waals surface area contributed by atoms with E-state index < -0.39 is 0 Å². The maximum Gasteiger partial charge on any atom is 0.237 e. The Hall–Kier alpha value is -1.59. The Bertz CT molecular complexity index is 584. The molecule has 0 spiro atoms. The molecule has 1 amide bonds. The summed E-state index contributed by atoms with van der Waals surface area (Å²) in [6.07, 6.45) is 4.39. The summed E-state index contributed by atoms with van der Waals surface area (Å²) in [6.45, 7) is 8.89. The summed E-state index contributed by atoms with van der Waals surface area (Å²) in [5.74, 6) is 1.77. The summed E-state index contributed by atoms with van der Waals surface area (Å²) in [6, 6.07) is 10.4. The van der Waals surface area contributed by atoms with Gasteiger partial charge in [0.25, 0.3) is 0 Å². The summed E-state index contributed by atoms with van der Waals surface area (Å²) in [5.41, 5.74) is 0. The van der Waals surface area contributed by atoms with Crippen LogP contribution in [-0.2, 0) is 4.79 Å². The van der Waals surface area contributed by atoms with Crippen molar-refractivity contribution in [1.82, 2.24) is 15.1 Å². The third-order valence-corrected chi connectivity index (χ3v) is 5.94. The molecule has 150 valence electrons. The predicted molar refractivity (Wildman–Crippen MR) is 109 cm³/mol. The molecule has 27 heavy (non-hydrogen) atoms. The zero-order valence-electron chi connectivity index (χ0n) is 17.1. The lowest BCUT2D eigenvalue weighted by Gasteiger charge is -2.39. The van der Waals surface area contributed by atoms with Gasteiger partial charge >= 0.3 is 0 Å². The van der Waals surface area contributed by atoms with E-state index >= 15 is 0 Å². The second-order valence-corrected chi connectivity index (χ2v) is 8.37. The molecule has 2 aliphatic rings. The molecule has 2 fully saturated rings. The van der Waals surface area contributed by atoms with E-state index in [-0.39, 0.29) is 18.1 Å². The van der Waals surface area contributed by atoms with Crippen LogP contribution in [0.25, 0.3) is 0 Å². The van der Waals surface area contributed by atoms with Crippen molar-refractivity contribution in [3.05, 3.63) is 30.3 Å². The van der Waals surface area contributed by atoms with E-state index in [9.17, 15) is 4.79 Å². The molecule has 5 heteroatoms. The van der Waals surface area contributed by atoms with Gasteiger partial charge in [0.15, 0.2) is 0 Å². The topological polar surface area (TPSA) is 44.8 Å². The molecule has 0 aliphatic carbocycles. The number of hydrogen-bond acceptors (Lipinski definition) is 4. The zero-order valence-corrected chi connectivity index (χ0v) is 17.1. The number of rotatable bonds is 7. The third-order valence-electron chi connectivity index (χ3n) is 5.94. The van der Waals surface area contributed by atoms with E-state index in [2.05, 4.69) is 29.0 Å². The van der Waals surface area contributed by atoms with Crippen LogP contribution >= 0.6 is 0 Å². The van der Waals surface area contributed by atoms with Crippen LogP contribution in [0, 0.1) is 5.92 Å². The second kappa shape index (κ2) is 9.56. The van der Waals surface area contributed by atoms with Crippen molar-refractivity contribution < 1.29 is 9.53 Å². The van der Waals surface area contributed by atoms with Crippen molar-refractivity contribution in [3.8, 4) is 5.75 Å². The molecule has 5 nitrogen and oxygen atoms in total. The quantitative estimate of drug-likeness (QED) is 0.798. The number of benzene rings is 1. The number of likely N-dealkylation sites (N-methyl/N-ethyl adjacent to an activating group) is 1. The van der Waals surface area contributed by atoms with E-state index in [1.165, 1.54) is 13.0 Å². The minimum atomic E-state index is -0.0732. The van der Waals surface area contributed by atoms with Gasteiger partial charge in [-0.15, -0.1) is 0 Å². The van der Waals surface area contributed by atoms with Crippen molar-refractivity contribution in [1.29, 1.82) is 0 Å². The van der Waals surface area contributed by atoms with Crippen molar-refractivity contribution in [2.45, 2.75) is 57.7 Å². The first kappa shape index (κ1) is 20.2. The molecule has 0 aromatic heterocycles. The Kier molecular flexibility index (Phi) is 7.13. The molecule has 3 rings (SSSR count). The first-order valence-corrected chi connectivity index (χ1v) is 10.5. The highest BCUT2D eigenvalue weighted by Crippen LogP contribution is 2.29. The molecule has 0 saturated carbocycles. The number of nitrogens with zero attached hydrogens (tertiary/aromatic N) is 2. The predicted octanol–water partition coefficient (Wildman–Crippen LogP) is 2.76. The van der Waals surface area contributed by atoms with Gasteiger partial charge in [-0.2, -0.15) is 0 Å². The number of amides is 1. The van der Waals surface area contributed by atoms with Gasteiger partial charge in [-0.25, -0.2) is 0 Å². The minimum absolute atomic E-state index is 0.0732. The number of piperidine rings is 1. The van der Waals surface area contributed by atoms with E-state index in [1.807, 2.05) is 30.3 Å². The highest BCUT2D eigenvalue weighted by atomic mass is 16.5. The molecular formula is C22H35N3O2. The van der Waals surface area contributed by atoms with E-state index in [1.54, 1.807) is 7.05 Å². The number of hydrogen-bond donors (Lipinski definition) is 1. The Morgan fingerprint density at radius 3 is 2.56 bits per heavy atom. The number of ether oxygens (including phenoxy) is 1. The Labute approximate surface area is 164 Å². The van der Waals surface area contributed by atoms with E-state index in [0.29, 0.717) is 6.04 Å². The first-order valence-electron chi connectivity index (χ1n) is 10.5. The normalized spacial score (nSPS) is 25.0. The van der Waals surface area contributed by atoms with Crippen LogP contribution in [0.5, 0.6) is 5.75 Å². The second-order valence-electron chi connectivity index (χ2n) is 8.37. The van der Waals surface area contributed by atoms with Crippen LogP contribution in [0.1, 0.15) is 39.5 Å². The number of carbonyl (C=O) groups excluding carboxylic acids is 1. The summed E-state index contributed by atoms with van der Waals surface area (Å²) < 4.78 is 6.18. The lowest BCUT2D eigenvalue weighted by Crippen LogP contribution is -2.51. The maximum absolute atomic E-state index is 12.5. The Morgan fingerprint density at radius 1 is 1.22 bits per heavy atom. The lowest BCUT2D eigenvalue weighted by molar-refractivity contribution is -0.126. The van der Waals surface area contributed by atoms with Crippen molar-refractivity contribution in [2.24, 2.45) is 5.92 Å². The molecule has 1 aromatic rings. The summed E-state index contributed by atoms with van der Waals surface area (Å²) in [4.78, 5) is 17.5. The van der Waals surface area contributed by atoms with Crippen LogP contribution < -0.4 is 10.1 Å². The summed E-state index contributed by atoms with van der Waals surface area (Å²) in [7, 11) is 1.74. The molecule has 2 aliphatic heterocycles. The smallest absolute Gasteiger partial charge is 0.237 e. The van der Waals surface area contributed by atoms with Gasteiger partial charge < -0.3 is 15.0 Å². The molecule has 1 N–H and O–H groups in total. The third kappa shape index (κ3) is 5.45. The fraction of sp³-hybridized carbons (Fsp3) is 0.682. The largest absolute Gasteiger partial charge is 0.489 e. The average Bonchev–Trinajstić information content (AvgIpc) is 3.10. The Morgan fingerprint density at radius 2 is 1.93 bits per heavy atom. The van der Waals surface area contributed by atoms with E-state index in [4.69, 9.17) is 4.74 Å². The molecule has 2 saturated heterocycles. The van der Waals surface area contributed by atoms with Gasteiger partial charge in [-0.05, 0) is 56.9 Å². The lowest BCUT2D eigenvalue weighted by atomic mass is 10.0. The monoisotopic (exact) mass is 373 g/mol. The first-order chi connectivity index (χ1) is 13.1. The van der Waals surface area contributed by atoms with Gasteiger partial charge in [-0.1, -0.05) is 32.0 Å². The van der Waals surface area contributed by atoms with Crippen LogP contribution in [0.4, 0.5) is 0 Å². The number of para-hydroxylation sites is 1. The van der Waals surface area contributed by atoms with Gasteiger partial charge in [0.2, 0.25) is 5.91 Å². The number of nitrogens with one attached hydrogen (secondary N) is 1. The SMILES string of the molecule is CNC(=O)[C@@H]1C[C@H](Oc2ccccc2)CN1C1CCN(CCC(C)C)CC1. The van der Waals surface area contributed by atoms with Gasteiger partial charge in [0.05, 0.1) is 6.04 Å². The summed E-state index contributed by atoms with van der Waals surface area (Å²) in [5, 5.41) is 2.86. The number of carbonyl (C=O) groups is 1. The van der Waals surface area contributed by atoms with Crippen LogP contribution in [0.15, 0.2) is 30.3 Å². The molecule has 0 radical (unpaired) electrons. The zero-order chi connectivity index (χ0) is 19.2. The Balaban J connectivity index is 1.58. The summed E-state index contributed by atoms with van der Waals surface area (Å²) >= 11 is 0. The van der Waals surface area contributed by atoms with Crippen LogP contribution in [0.3, 0.4) is 0 Å². The van der Waals surface area contributed by atoms with Gasteiger partial charge in [0, 0.05) is 26.1 Å².